The number of rotatable bonds is 5. The summed E-state index contributed by atoms with van der Waals surface area (Å²) >= 11 is 0. The fraction of sp³-hybridized carbons (Fsp3) is 0.833. The molecule has 0 aromatic rings. The van der Waals surface area contributed by atoms with Crippen LogP contribution >= 0.6 is 7.82 Å². The van der Waals surface area contributed by atoms with Crippen LogP contribution in [0.1, 0.15) is 26.7 Å². The van der Waals surface area contributed by atoms with Gasteiger partial charge in [-0.25, -0.2) is 9.09 Å². The molecule has 0 fully saturated rings. The van der Waals surface area contributed by atoms with Crippen molar-refractivity contribution in [1.29, 1.82) is 0 Å². The predicted molar refractivity (Wildman–Crippen MR) is 43.6 cm³/mol. The molecule has 0 amide bonds. The van der Waals surface area contributed by atoms with E-state index in [1.165, 1.54) is 0 Å². The third-order valence-electron chi connectivity index (χ3n) is 1.08. The van der Waals surface area contributed by atoms with Crippen molar-refractivity contribution < 1.29 is 28.4 Å². The monoisotopic (exact) mass is 212 g/mol. The van der Waals surface area contributed by atoms with Crippen LogP contribution in [-0.2, 0) is 18.6 Å². The van der Waals surface area contributed by atoms with Crippen LogP contribution in [0.2, 0.25) is 0 Å². The third-order valence-corrected chi connectivity index (χ3v) is 1.59. The summed E-state index contributed by atoms with van der Waals surface area (Å²) in [4.78, 5) is 27.3. The Morgan fingerprint density at radius 3 is 2.38 bits per heavy atom. The molecule has 0 saturated heterocycles. The summed E-state index contributed by atoms with van der Waals surface area (Å²) in [6.45, 7) is 2.92. The van der Waals surface area contributed by atoms with E-state index in [2.05, 4.69) is 9.26 Å². The molecule has 1 unspecified atom stereocenters. The maximum absolute atomic E-state index is 10.5. The molecule has 0 spiro atoms. The zero-order chi connectivity index (χ0) is 10.5. The zero-order valence-electron chi connectivity index (χ0n) is 7.47. The highest BCUT2D eigenvalue weighted by atomic mass is 31.2. The van der Waals surface area contributed by atoms with E-state index in [-0.39, 0.29) is 6.42 Å². The van der Waals surface area contributed by atoms with E-state index in [0.717, 1.165) is 6.92 Å². The Kier molecular flexibility index (Phi) is 5.17. The number of carbonyl (C=O) groups excluding carboxylic acids is 1. The molecule has 6 nitrogen and oxygen atoms in total. The molecule has 7 heteroatoms. The van der Waals surface area contributed by atoms with Crippen LogP contribution < -0.4 is 0 Å². The summed E-state index contributed by atoms with van der Waals surface area (Å²) in [5.74, 6) is -0.632. The van der Waals surface area contributed by atoms with E-state index < -0.39 is 20.1 Å². The molecule has 78 valence electrons. The molecule has 0 aliphatic carbocycles. The molecule has 0 radical (unpaired) electrons. The van der Waals surface area contributed by atoms with Crippen molar-refractivity contribution in [3.05, 3.63) is 0 Å². The van der Waals surface area contributed by atoms with Gasteiger partial charge in [-0.3, -0.25) is 4.79 Å². The predicted octanol–water partition coefficient (Wildman–Crippen LogP) is 0.785. The Bertz CT molecular complexity index is 209. The first-order valence-corrected chi connectivity index (χ1v) is 5.29. The van der Waals surface area contributed by atoms with Crippen LogP contribution in [0, 0.1) is 0 Å². The molecule has 0 saturated carbocycles. The van der Waals surface area contributed by atoms with E-state index in [1.807, 2.05) is 0 Å². The van der Waals surface area contributed by atoms with Gasteiger partial charge in [-0.15, -0.1) is 0 Å². The Hall–Kier alpha value is -0.420. The van der Waals surface area contributed by atoms with E-state index >= 15 is 0 Å². The lowest BCUT2D eigenvalue weighted by Crippen LogP contribution is -2.18. The van der Waals surface area contributed by atoms with Crippen LogP contribution in [0.25, 0.3) is 0 Å². The summed E-state index contributed by atoms with van der Waals surface area (Å²) in [5, 5.41) is 0. The highest BCUT2D eigenvalue weighted by Crippen LogP contribution is 2.38. The molecule has 0 aliphatic rings. The molecule has 13 heavy (non-hydrogen) atoms. The topological polar surface area (TPSA) is 93.1 Å². The Balaban J connectivity index is 4.09. The van der Waals surface area contributed by atoms with Crippen molar-refractivity contribution in [3.63, 3.8) is 0 Å². The standard InChI is InChI=1S/C6H13O6P/c1-3-4-6(11-5(2)7)12-13(8,9)10/h6H,3-4H2,1-2H3,(H2,8,9,10). The van der Waals surface area contributed by atoms with Crippen LogP contribution in [0.15, 0.2) is 0 Å². The van der Waals surface area contributed by atoms with Gasteiger partial charge in [0, 0.05) is 13.3 Å². The molecular weight excluding hydrogens is 199 g/mol. The maximum atomic E-state index is 10.5. The van der Waals surface area contributed by atoms with Gasteiger partial charge in [0.15, 0.2) is 0 Å². The molecule has 0 aromatic heterocycles. The van der Waals surface area contributed by atoms with Crippen molar-refractivity contribution >= 4 is 13.8 Å². The van der Waals surface area contributed by atoms with E-state index in [9.17, 15) is 9.36 Å². The normalized spacial score (nSPS) is 13.8. The fourth-order valence-corrected chi connectivity index (χ4v) is 1.16. The summed E-state index contributed by atoms with van der Waals surface area (Å²) in [6.07, 6.45) is -0.314. The average molecular weight is 212 g/mol. The van der Waals surface area contributed by atoms with Crippen molar-refractivity contribution in [3.8, 4) is 0 Å². The fourth-order valence-electron chi connectivity index (χ4n) is 0.707. The summed E-state index contributed by atoms with van der Waals surface area (Å²) in [6, 6.07) is 0. The van der Waals surface area contributed by atoms with Gasteiger partial charge >= 0.3 is 13.8 Å². The lowest BCUT2D eigenvalue weighted by atomic mass is 10.3. The molecule has 0 aromatic carbocycles. The second-order valence-corrected chi connectivity index (χ2v) is 3.62. The first kappa shape index (κ1) is 12.6. The van der Waals surface area contributed by atoms with Gasteiger partial charge in [0.1, 0.15) is 0 Å². The van der Waals surface area contributed by atoms with E-state index in [1.54, 1.807) is 6.92 Å². The first-order valence-electron chi connectivity index (χ1n) is 3.76. The highest BCUT2D eigenvalue weighted by molar-refractivity contribution is 7.46. The van der Waals surface area contributed by atoms with Crippen molar-refractivity contribution in [1.82, 2.24) is 0 Å². The number of phosphoric ester groups is 1. The molecule has 0 rings (SSSR count). The number of phosphoric acid groups is 1. The highest BCUT2D eigenvalue weighted by Gasteiger charge is 2.23. The third kappa shape index (κ3) is 7.93. The summed E-state index contributed by atoms with van der Waals surface area (Å²) in [5.41, 5.74) is 0. The molecule has 0 bridgehead atoms. The van der Waals surface area contributed by atoms with Gasteiger partial charge in [0.25, 0.3) is 0 Å². The van der Waals surface area contributed by atoms with E-state index in [0.29, 0.717) is 6.42 Å². The van der Waals surface area contributed by atoms with Crippen LogP contribution in [-0.4, -0.2) is 22.0 Å². The Morgan fingerprint density at radius 2 is 2.08 bits per heavy atom. The Labute approximate surface area is 76.1 Å². The number of hydrogen-bond donors (Lipinski definition) is 2. The number of esters is 1. The van der Waals surface area contributed by atoms with Crippen LogP contribution in [0.5, 0.6) is 0 Å². The minimum atomic E-state index is -4.58. The van der Waals surface area contributed by atoms with Gasteiger partial charge < -0.3 is 14.5 Å². The van der Waals surface area contributed by atoms with Gasteiger partial charge in [-0.05, 0) is 0 Å². The average Bonchev–Trinajstić information content (AvgIpc) is 1.81. The van der Waals surface area contributed by atoms with E-state index in [4.69, 9.17) is 9.79 Å². The summed E-state index contributed by atoms with van der Waals surface area (Å²) in [7, 11) is -4.58. The van der Waals surface area contributed by atoms with Gasteiger partial charge in [-0.1, -0.05) is 13.3 Å². The first-order chi connectivity index (χ1) is 5.85. The van der Waals surface area contributed by atoms with Crippen molar-refractivity contribution in [2.75, 3.05) is 0 Å². The number of ether oxygens (including phenoxy) is 1. The minimum absolute atomic E-state index is 0.255. The number of hydrogen-bond acceptors (Lipinski definition) is 4. The van der Waals surface area contributed by atoms with Gasteiger partial charge in [0.05, 0.1) is 0 Å². The molecule has 1 atom stereocenters. The quantitative estimate of drug-likeness (QED) is 0.397. The Morgan fingerprint density at radius 1 is 1.54 bits per heavy atom. The smallest absolute Gasteiger partial charge is 0.435 e. The van der Waals surface area contributed by atoms with Gasteiger partial charge in [-0.2, -0.15) is 0 Å². The van der Waals surface area contributed by atoms with Crippen molar-refractivity contribution in [2.24, 2.45) is 0 Å². The minimum Gasteiger partial charge on any atom is -0.435 e. The number of carbonyl (C=O) groups is 1. The lowest BCUT2D eigenvalue weighted by Gasteiger charge is -2.16. The molecule has 2 N–H and O–H groups in total. The van der Waals surface area contributed by atoms with Crippen molar-refractivity contribution in [2.45, 2.75) is 33.0 Å². The largest absolute Gasteiger partial charge is 0.472 e. The molecular formula is C6H13O6P. The van der Waals surface area contributed by atoms with Gasteiger partial charge in [0.2, 0.25) is 6.29 Å². The SMILES string of the molecule is CCCC(OC(C)=O)OP(=O)(O)O. The second kappa shape index (κ2) is 5.34. The van der Waals surface area contributed by atoms with Crippen LogP contribution in [0.3, 0.4) is 0 Å². The molecule has 0 heterocycles. The van der Waals surface area contributed by atoms with Crippen LogP contribution in [0.4, 0.5) is 0 Å². The maximum Gasteiger partial charge on any atom is 0.472 e. The zero-order valence-corrected chi connectivity index (χ0v) is 8.36. The second-order valence-electron chi connectivity index (χ2n) is 2.42. The summed E-state index contributed by atoms with van der Waals surface area (Å²) < 4.78 is 19.1. The lowest BCUT2D eigenvalue weighted by molar-refractivity contribution is -0.163. The molecule has 0 aliphatic heterocycles.